The number of hydrogen-bond acceptors (Lipinski definition) is 7. The summed E-state index contributed by atoms with van der Waals surface area (Å²) in [5.41, 5.74) is 1.38. The van der Waals surface area contributed by atoms with E-state index < -0.39 is 0 Å². The van der Waals surface area contributed by atoms with E-state index in [1.165, 1.54) is 27.4 Å². The molecule has 3 rings (SSSR count). The third kappa shape index (κ3) is 2.53. The largest absolute Gasteiger partial charge is 0.493 e. The molecular formula is C18H16O7. The van der Waals surface area contributed by atoms with Crippen molar-refractivity contribution in [2.24, 2.45) is 0 Å². The zero-order chi connectivity index (χ0) is 18.0. The third-order valence-electron chi connectivity index (χ3n) is 3.94. The van der Waals surface area contributed by atoms with Gasteiger partial charge in [0.2, 0.25) is 12.5 Å². The Bertz CT molecular complexity index is 842. The van der Waals surface area contributed by atoms with Crippen LogP contribution >= 0.6 is 0 Å². The lowest BCUT2D eigenvalue weighted by atomic mass is 9.93. The topological polar surface area (TPSA) is 80.3 Å². The van der Waals surface area contributed by atoms with Crippen LogP contribution < -0.4 is 23.7 Å². The van der Waals surface area contributed by atoms with E-state index in [2.05, 4.69) is 0 Å². The molecule has 130 valence electrons. The van der Waals surface area contributed by atoms with Crippen molar-refractivity contribution in [2.75, 3.05) is 28.1 Å². The fourth-order valence-electron chi connectivity index (χ4n) is 2.87. The molecule has 0 saturated heterocycles. The average molecular weight is 344 g/mol. The number of ether oxygens (including phenoxy) is 5. The SMILES string of the molecule is COc1cc(C=O)c(-c2c(C=O)ccc3c2OCO3)c(OC)c1OC. The van der Waals surface area contributed by atoms with Crippen molar-refractivity contribution in [2.45, 2.75) is 0 Å². The van der Waals surface area contributed by atoms with Gasteiger partial charge in [0.15, 0.2) is 35.6 Å². The first-order valence-electron chi connectivity index (χ1n) is 7.36. The molecule has 0 saturated carbocycles. The van der Waals surface area contributed by atoms with Crippen molar-refractivity contribution in [3.05, 3.63) is 29.3 Å². The molecule has 2 aromatic carbocycles. The van der Waals surface area contributed by atoms with E-state index in [4.69, 9.17) is 23.7 Å². The van der Waals surface area contributed by atoms with Gasteiger partial charge in [0.05, 0.1) is 21.3 Å². The molecule has 0 atom stereocenters. The highest BCUT2D eigenvalue weighted by atomic mass is 16.7. The van der Waals surface area contributed by atoms with Crippen molar-refractivity contribution >= 4 is 12.6 Å². The minimum Gasteiger partial charge on any atom is -0.493 e. The first-order valence-corrected chi connectivity index (χ1v) is 7.36. The summed E-state index contributed by atoms with van der Waals surface area (Å²) in [6.07, 6.45) is 1.34. The molecule has 0 unspecified atom stereocenters. The van der Waals surface area contributed by atoms with Crippen LogP contribution in [0.4, 0.5) is 0 Å². The van der Waals surface area contributed by atoms with Crippen molar-refractivity contribution in [3.8, 4) is 39.9 Å². The smallest absolute Gasteiger partial charge is 0.231 e. The Hall–Kier alpha value is -3.22. The van der Waals surface area contributed by atoms with E-state index in [0.29, 0.717) is 52.3 Å². The molecule has 1 aliphatic heterocycles. The highest BCUT2D eigenvalue weighted by molar-refractivity contribution is 6.01. The minimum absolute atomic E-state index is 0.0245. The molecule has 0 fully saturated rings. The van der Waals surface area contributed by atoms with E-state index in [0.717, 1.165) is 0 Å². The van der Waals surface area contributed by atoms with Crippen molar-refractivity contribution in [1.82, 2.24) is 0 Å². The quantitative estimate of drug-likeness (QED) is 0.745. The van der Waals surface area contributed by atoms with Gasteiger partial charge in [0.1, 0.15) is 0 Å². The summed E-state index contributed by atoms with van der Waals surface area (Å²) < 4.78 is 27.1. The lowest BCUT2D eigenvalue weighted by molar-refractivity contribution is 0.111. The predicted molar refractivity (Wildman–Crippen MR) is 88.4 cm³/mol. The standard InChI is InChI=1S/C18H16O7/c1-21-13-6-11(8-20)15(18(23-3)17(13)22-2)14-10(7-19)4-5-12-16(14)25-9-24-12/h4-8H,9H2,1-3H3. The zero-order valence-corrected chi connectivity index (χ0v) is 14.0. The Morgan fingerprint density at radius 1 is 0.880 bits per heavy atom. The lowest BCUT2D eigenvalue weighted by Crippen LogP contribution is -2.03. The maximum atomic E-state index is 11.7. The van der Waals surface area contributed by atoms with Gasteiger partial charge in [-0.2, -0.15) is 0 Å². The summed E-state index contributed by atoms with van der Waals surface area (Å²) in [5.74, 6) is 1.75. The molecule has 25 heavy (non-hydrogen) atoms. The maximum absolute atomic E-state index is 11.7. The second-order valence-corrected chi connectivity index (χ2v) is 5.11. The Kier molecular flexibility index (Phi) is 4.47. The highest BCUT2D eigenvalue weighted by Gasteiger charge is 2.29. The van der Waals surface area contributed by atoms with Crippen LogP contribution in [0.3, 0.4) is 0 Å². The second kappa shape index (κ2) is 6.72. The van der Waals surface area contributed by atoms with Crippen LogP contribution in [-0.4, -0.2) is 40.7 Å². The monoisotopic (exact) mass is 344 g/mol. The summed E-state index contributed by atoms with van der Waals surface area (Å²) in [7, 11) is 4.36. The second-order valence-electron chi connectivity index (χ2n) is 5.11. The lowest BCUT2D eigenvalue weighted by Gasteiger charge is -2.19. The number of rotatable bonds is 6. The summed E-state index contributed by atoms with van der Waals surface area (Å²) >= 11 is 0. The Labute approximate surface area is 144 Å². The van der Waals surface area contributed by atoms with E-state index in [-0.39, 0.29) is 18.1 Å². The van der Waals surface area contributed by atoms with E-state index in [1.807, 2.05) is 0 Å². The molecule has 2 aromatic rings. The molecule has 0 bridgehead atoms. The first-order chi connectivity index (χ1) is 12.2. The van der Waals surface area contributed by atoms with Crippen LogP contribution in [0.2, 0.25) is 0 Å². The Balaban J connectivity index is 2.44. The fraction of sp³-hybridized carbons (Fsp3) is 0.222. The highest BCUT2D eigenvalue weighted by Crippen LogP contribution is 2.52. The molecule has 0 N–H and O–H groups in total. The number of carbonyl (C=O) groups excluding carboxylic acids is 2. The summed E-state index contributed by atoms with van der Waals surface area (Å²) in [5, 5.41) is 0. The summed E-state index contributed by atoms with van der Waals surface area (Å²) in [6, 6.07) is 4.76. The van der Waals surface area contributed by atoms with Crippen molar-refractivity contribution < 1.29 is 33.3 Å². The number of methoxy groups -OCH3 is 3. The van der Waals surface area contributed by atoms with Crippen LogP contribution in [0, 0.1) is 0 Å². The molecular weight excluding hydrogens is 328 g/mol. The number of carbonyl (C=O) groups is 2. The van der Waals surface area contributed by atoms with Gasteiger partial charge < -0.3 is 23.7 Å². The van der Waals surface area contributed by atoms with Crippen molar-refractivity contribution in [3.63, 3.8) is 0 Å². The Morgan fingerprint density at radius 2 is 1.60 bits per heavy atom. The van der Waals surface area contributed by atoms with Gasteiger partial charge in [0, 0.05) is 22.3 Å². The fourth-order valence-corrected chi connectivity index (χ4v) is 2.87. The van der Waals surface area contributed by atoms with Gasteiger partial charge in [-0.25, -0.2) is 0 Å². The molecule has 0 radical (unpaired) electrons. The van der Waals surface area contributed by atoms with Crippen LogP contribution in [0.5, 0.6) is 28.7 Å². The molecule has 0 amide bonds. The maximum Gasteiger partial charge on any atom is 0.231 e. The van der Waals surface area contributed by atoms with Gasteiger partial charge >= 0.3 is 0 Å². The molecule has 7 nitrogen and oxygen atoms in total. The molecule has 0 aliphatic carbocycles. The summed E-state index contributed by atoms with van der Waals surface area (Å²) in [4.78, 5) is 23.3. The number of benzene rings is 2. The summed E-state index contributed by atoms with van der Waals surface area (Å²) in [6.45, 7) is 0.0245. The number of fused-ring (bicyclic) bond motifs is 1. The number of aldehydes is 2. The van der Waals surface area contributed by atoms with E-state index in [9.17, 15) is 9.59 Å². The van der Waals surface area contributed by atoms with E-state index in [1.54, 1.807) is 12.1 Å². The molecule has 0 spiro atoms. The van der Waals surface area contributed by atoms with Crippen LogP contribution in [-0.2, 0) is 0 Å². The molecule has 1 aliphatic rings. The normalized spacial score (nSPS) is 11.8. The van der Waals surface area contributed by atoms with Crippen LogP contribution in [0.15, 0.2) is 18.2 Å². The minimum atomic E-state index is 0.0245. The zero-order valence-electron chi connectivity index (χ0n) is 14.0. The molecule has 7 heteroatoms. The third-order valence-corrected chi connectivity index (χ3v) is 3.94. The van der Waals surface area contributed by atoms with Crippen LogP contribution in [0.1, 0.15) is 20.7 Å². The van der Waals surface area contributed by atoms with Gasteiger partial charge in [-0.05, 0) is 18.2 Å². The number of hydrogen-bond donors (Lipinski definition) is 0. The van der Waals surface area contributed by atoms with Gasteiger partial charge in [-0.3, -0.25) is 9.59 Å². The predicted octanol–water partition coefficient (Wildman–Crippen LogP) is 2.73. The molecule has 0 aromatic heterocycles. The Morgan fingerprint density at radius 3 is 2.20 bits per heavy atom. The van der Waals surface area contributed by atoms with Crippen molar-refractivity contribution in [1.29, 1.82) is 0 Å². The van der Waals surface area contributed by atoms with Gasteiger partial charge in [-0.1, -0.05) is 0 Å². The van der Waals surface area contributed by atoms with Gasteiger partial charge in [-0.15, -0.1) is 0 Å². The van der Waals surface area contributed by atoms with Gasteiger partial charge in [0.25, 0.3) is 0 Å². The van der Waals surface area contributed by atoms with Crippen LogP contribution in [0.25, 0.3) is 11.1 Å². The van der Waals surface area contributed by atoms with E-state index >= 15 is 0 Å². The average Bonchev–Trinajstić information content (AvgIpc) is 3.13. The molecule has 1 heterocycles. The first kappa shape index (κ1) is 16.6.